The summed E-state index contributed by atoms with van der Waals surface area (Å²) in [5.74, 6) is 0.362. The highest BCUT2D eigenvalue weighted by molar-refractivity contribution is 6.19. The lowest BCUT2D eigenvalue weighted by atomic mass is 9.97. The summed E-state index contributed by atoms with van der Waals surface area (Å²) < 4.78 is 5.32. The molecule has 20 heavy (non-hydrogen) atoms. The Hall–Kier alpha value is -2.56. The van der Waals surface area contributed by atoms with E-state index in [4.69, 9.17) is 4.74 Å². The number of dihydropyridines is 1. The van der Waals surface area contributed by atoms with Crippen molar-refractivity contribution >= 4 is 17.3 Å². The highest BCUT2D eigenvalue weighted by atomic mass is 16.5. The van der Waals surface area contributed by atoms with Crippen LogP contribution >= 0.6 is 0 Å². The summed E-state index contributed by atoms with van der Waals surface area (Å²) in [6, 6.07) is 7.43. The molecule has 0 saturated heterocycles. The molecule has 1 aromatic carbocycles. The van der Waals surface area contributed by atoms with E-state index in [0.29, 0.717) is 28.4 Å². The first kappa shape index (κ1) is 12.5. The molecule has 0 aromatic heterocycles. The van der Waals surface area contributed by atoms with Crippen LogP contribution in [0, 0.1) is 0 Å². The number of para-hydroxylation sites is 1. The molecule has 2 aliphatic rings. The standard InChI is InChI=1S/C15H13N3O2/c1-8-9(2)16-15(19)12-13(8)17-18-14(12)10-6-4-5-7-11(10)20-3/h4-7H,1-3H3. The molecule has 0 saturated carbocycles. The van der Waals surface area contributed by atoms with Crippen molar-refractivity contribution < 1.29 is 9.53 Å². The highest BCUT2D eigenvalue weighted by Gasteiger charge is 2.32. The Balaban J connectivity index is 2.24. The topological polar surface area (TPSA) is 63.4 Å². The summed E-state index contributed by atoms with van der Waals surface area (Å²) in [4.78, 5) is 16.2. The summed E-state index contributed by atoms with van der Waals surface area (Å²) in [6.45, 7) is 3.69. The van der Waals surface area contributed by atoms with Crippen LogP contribution in [0.2, 0.25) is 0 Å². The number of rotatable bonds is 2. The predicted octanol–water partition coefficient (Wildman–Crippen LogP) is 3.15. The first-order valence-corrected chi connectivity index (χ1v) is 6.24. The van der Waals surface area contributed by atoms with E-state index in [0.717, 1.165) is 11.1 Å². The van der Waals surface area contributed by atoms with Crippen molar-refractivity contribution in [3.8, 4) is 5.75 Å². The van der Waals surface area contributed by atoms with E-state index in [1.807, 2.05) is 31.2 Å². The molecule has 0 radical (unpaired) electrons. The van der Waals surface area contributed by atoms with Gasteiger partial charge in [-0.3, -0.25) is 4.79 Å². The number of carbonyl (C=O) groups excluding carboxylic acids is 1. The average Bonchev–Trinajstić information content (AvgIpc) is 2.90. The molecule has 3 rings (SSSR count). The van der Waals surface area contributed by atoms with Crippen LogP contribution in [-0.4, -0.2) is 18.7 Å². The lowest BCUT2D eigenvalue weighted by Gasteiger charge is -2.12. The molecule has 0 unspecified atom stereocenters. The molecule has 0 aliphatic carbocycles. The second kappa shape index (κ2) is 4.52. The predicted molar refractivity (Wildman–Crippen MR) is 75.6 cm³/mol. The number of fused-ring (bicyclic) bond motifs is 1. The van der Waals surface area contributed by atoms with Crippen LogP contribution in [0.15, 0.2) is 56.3 Å². The number of amides is 1. The maximum Gasteiger partial charge on any atom is 0.281 e. The fourth-order valence-corrected chi connectivity index (χ4v) is 2.27. The number of methoxy groups -OCH3 is 1. The Kier molecular flexibility index (Phi) is 2.82. The third-order valence-corrected chi connectivity index (χ3v) is 3.47. The van der Waals surface area contributed by atoms with Crippen LogP contribution in [0.4, 0.5) is 0 Å². The first-order valence-electron chi connectivity index (χ1n) is 6.24. The Morgan fingerprint density at radius 3 is 2.50 bits per heavy atom. The van der Waals surface area contributed by atoms with Gasteiger partial charge in [0.15, 0.2) is 0 Å². The molecule has 0 atom stereocenters. The van der Waals surface area contributed by atoms with Gasteiger partial charge in [0, 0.05) is 11.3 Å². The van der Waals surface area contributed by atoms with Gasteiger partial charge in [-0.2, -0.15) is 0 Å². The van der Waals surface area contributed by atoms with Crippen molar-refractivity contribution in [3.05, 3.63) is 46.7 Å². The summed E-state index contributed by atoms with van der Waals surface area (Å²) in [5.41, 5.74) is 3.92. The fourth-order valence-electron chi connectivity index (χ4n) is 2.27. The number of nitrogens with zero attached hydrogens (tertiary/aromatic N) is 3. The number of allylic oxidation sites excluding steroid dienone is 1. The second-order valence-electron chi connectivity index (χ2n) is 4.60. The molecule has 0 fully saturated rings. The van der Waals surface area contributed by atoms with Gasteiger partial charge in [0.1, 0.15) is 17.1 Å². The lowest BCUT2D eigenvalue weighted by Crippen LogP contribution is -2.13. The quantitative estimate of drug-likeness (QED) is 0.826. The van der Waals surface area contributed by atoms with Crippen molar-refractivity contribution in [3.63, 3.8) is 0 Å². The lowest BCUT2D eigenvalue weighted by molar-refractivity contribution is -0.114. The zero-order valence-corrected chi connectivity index (χ0v) is 11.5. The van der Waals surface area contributed by atoms with E-state index in [1.54, 1.807) is 14.0 Å². The van der Waals surface area contributed by atoms with E-state index in [1.165, 1.54) is 0 Å². The van der Waals surface area contributed by atoms with E-state index < -0.39 is 0 Å². The Morgan fingerprint density at radius 2 is 1.75 bits per heavy atom. The number of hydrogen-bond acceptors (Lipinski definition) is 4. The minimum absolute atomic E-state index is 0.297. The van der Waals surface area contributed by atoms with Gasteiger partial charge < -0.3 is 4.74 Å². The van der Waals surface area contributed by atoms with Crippen LogP contribution < -0.4 is 4.74 Å². The molecule has 0 N–H and O–H groups in total. The first-order chi connectivity index (χ1) is 9.63. The molecule has 2 aliphatic heterocycles. The zero-order valence-electron chi connectivity index (χ0n) is 11.5. The summed E-state index contributed by atoms with van der Waals surface area (Å²) in [5, 5.41) is 8.31. The van der Waals surface area contributed by atoms with Crippen LogP contribution in [0.5, 0.6) is 5.75 Å². The summed E-state index contributed by atoms with van der Waals surface area (Å²) >= 11 is 0. The van der Waals surface area contributed by atoms with Gasteiger partial charge in [-0.25, -0.2) is 4.99 Å². The average molecular weight is 267 g/mol. The molecule has 1 aromatic rings. The summed E-state index contributed by atoms with van der Waals surface area (Å²) in [7, 11) is 1.59. The van der Waals surface area contributed by atoms with Gasteiger partial charge >= 0.3 is 0 Å². The minimum atomic E-state index is -0.297. The third kappa shape index (κ3) is 1.71. The van der Waals surface area contributed by atoms with Crippen molar-refractivity contribution in [2.24, 2.45) is 15.2 Å². The van der Waals surface area contributed by atoms with Gasteiger partial charge in [0.25, 0.3) is 5.91 Å². The van der Waals surface area contributed by atoms with Gasteiger partial charge in [-0.15, -0.1) is 10.2 Å². The monoisotopic (exact) mass is 267 g/mol. The van der Waals surface area contributed by atoms with Gasteiger partial charge in [0.2, 0.25) is 0 Å². The molecule has 5 nitrogen and oxygen atoms in total. The Morgan fingerprint density at radius 1 is 1.05 bits per heavy atom. The van der Waals surface area contributed by atoms with Gasteiger partial charge in [-0.1, -0.05) is 12.1 Å². The van der Waals surface area contributed by atoms with Gasteiger partial charge in [-0.05, 0) is 31.6 Å². The number of aliphatic imine (C=N–C) groups is 1. The van der Waals surface area contributed by atoms with E-state index in [-0.39, 0.29) is 5.91 Å². The maximum absolute atomic E-state index is 12.2. The maximum atomic E-state index is 12.2. The Bertz CT molecular complexity index is 739. The molecule has 1 amide bonds. The number of ether oxygens (including phenoxy) is 1. The van der Waals surface area contributed by atoms with Crippen LogP contribution in [0.25, 0.3) is 5.70 Å². The third-order valence-electron chi connectivity index (χ3n) is 3.47. The normalized spacial score (nSPS) is 17.6. The molecule has 100 valence electrons. The minimum Gasteiger partial charge on any atom is -0.496 e. The zero-order chi connectivity index (χ0) is 14.3. The van der Waals surface area contributed by atoms with Crippen LogP contribution in [-0.2, 0) is 4.79 Å². The second-order valence-corrected chi connectivity index (χ2v) is 4.60. The van der Waals surface area contributed by atoms with Crippen LogP contribution in [0.1, 0.15) is 19.4 Å². The van der Waals surface area contributed by atoms with Crippen LogP contribution in [0.3, 0.4) is 0 Å². The smallest absolute Gasteiger partial charge is 0.281 e. The molecule has 0 bridgehead atoms. The number of hydrogen-bond donors (Lipinski definition) is 0. The highest BCUT2D eigenvalue weighted by Crippen LogP contribution is 2.40. The van der Waals surface area contributed by atoms with Crippen molar-refractivity contribution in [1.29, 1.82) is 0 Å². The molecule has 5 heteroatoms. The van der Waals surface area contributed by atoms with E-state index in [2.05, 4.69) is 15.2 Å². The van der Waals surface area contributed by atoms with Crippen molar-refractivity contribution in [1.82, 2.24) is 0 Å². The molecule has 0 spiro atoms. The van der Waals surface area contributed by atoms with Crippen molar-refractivity contribution in [2.45, 2.75) is 13.8 Å². The number of benzene rings is 1. The number of azo groups is 1. The molecular weight excluding hydrogens is 254 g/mol. The number of carbonyl (C=O) groups is 1. The van der Waals surface area contributed by atoms with Crippen molar-refractivity contribution in [2.75, 3.05) is 7.11 Å². The fraction of sp³-hybridized carbons (Fsp3) is 0.200. The Labute approximate surface area is 116 Å². The largest absolute Gasteiger partial charge is 0.496 e. The molecule has 2 heterocycles. The SMILES string of the molecule is COc1ccccc1C1=C2C(=O)N=C(C)C(C)=C2N=N1. The van der Waals surface area contributed by atoms with E-state index >= 15 is 0 Å². The summed E-state index contributed by atoms with van der Waals surface area (Å²) in [6.07, 6.45) is 0. The van der Waals surface area contributed by atoms with Gasteiger partial charge in [0.05, 0.1) is 12.7 Å². The van der Waals surface area contributed by atoms with E-state index in [9.17, 15) is 4.79 Å². The molecular formula is C15H13N3O2.